The summed E-state index contributed by atoms with van der Waals surface area (Å²) in [5.74, 6) is 0. The van der Waals surface area contributed by atoms with Gasteiger partial charge in [0.2, 0.25) is 0 Å². The minimum Gasteiger partial charge on any atom is -0.456 e. The van der Waals surface area contributed by atoms with Gasteiger partial charge >= 0.3 is 0 Å². The van der Waals surface area contributed by atoms with Crippen LogP contribution in [-0.4, -0.2) is 0 Å². The third kappa shape index (κ3) is 6.86. The maximum atomic E-state index is 6.55. The molecular weight excluding hydrogens is 787 g/mol. The molecule has 0 N–H and O–H groups in total. The van der Waals surface area contributed by atoms with Gasteiger partial charge < -0.3 is 9.32 Å². The van der Waals surface area contributed by atoms with Gasteiger partial charge in [-0.05, 0) is 125 Å². The Morgan fingerprint density at radius 2 is 0.985 bits per heavy atom. The van der Waals surface area contributed by atoms with Crippen LogP contribution in [0.1, 0.15) is 77.6 Å². The molecule has 2 heteroatoms. The summed E-state index contributed by atoms with van der Waals surface area (Å²) in [6, 6.07) is 69.7. The van der Waals surface area contributed by atoms with E-state index in [1.165, 1.54) is 72.0 Å². The molecule has 0 aliphatic heterocycles. The molecule has 11 rings (SSSR count). The Labute approximate surface area is 383 Å². The predicted molar refractivity (Wildman–Crippen MR) is 277 cm³/mol. The Hall–Kier alpha value is -7.16. The number of fused-ring (bicyclic) bond motifs is 7. The van der Waals surface area contributed by atoms with Crippen LogP contribution >= 0.6 is 0 Å². The van der Waals surface area contributed by atoms with Crippen LogP contribution in [0.4, 0.5) is 17.1 Å². The number of nitrogens with zero attached hydrogens (tertiary/aromatic N) is 1. The van der Waals surface area contributed by atoms with Crippen LogP contribution in [0.15, 0.2) is 192 Å². The molecular formula is C63H55NO. The van der Waals surface area contributed by atoms with Gasteiger partial charge in [-0.15, -0.1) is 0 Å². The van der Waals surface area contributed by atoms with E-state index in [2.05, 4.69) is 242 Å². The molecule has 10 aromatic rings. The summed E-state index contributed by atoms with van der Waals surface area (Å²) in [5, 5.41) is 4.70. The summed E-state index contributed by atoms with van der Waals surface area (Å²) < 4.78 is 6.55. The SMILES string of the molecule is CC(C)(C)c1cc(-c2cccc3cccc(-c4ccccc4N(c4ccc(-c5ccc6c(c5)C(C)(C)c5ccccc5-6)cc4)c4ccc5c(c4)oc4ccccc45)c23)cc(C(C)(C)C)c1. The molecule has 0 amide bonds. The lowest BCUT2D eigenvalue weighted by molar-refractivity contribution is 0.569. The number of furan rings is 1. The Morgan fingerprint density at radius 3 is 1.72 bits per heavy atom. The van der Waals surface area contributed by atoms with Crippen LogP contribution < -0.4 is 4.90 Å². The fraction of sp³-hybridized carbons (Fsp3) is 0.175. The molecule has 0 radical (unpaired) electrons. The Balaban J connectivity index is 1.09. The third-order valence-corrected chi connectivity index (χ3v) is 14.0. The van der Waals surface area contributed by atoms with Crippen LogP contribution in [0.3, 0.4) is 0 Å². The van der Waals surface area contributed by atoms with E-state index in [9.17, 15) is 0 Å². The summed E-state index contributed by atoms with van der Waals surface area (Å²) >= 11 is 0. The van der Waals surface area contributed by atoms with E-state index in [0.717, 1.165) is 44.6 Å². The van der Waals surface area contributed by atoms with E-state index in [1.54, 1.807) is 0 Å². The molecule has 0 bridgehead atoms. The Bertz CT molecular complexity index is 3440. The average Bonchev–Trinajstić information content (AvgIpc) is 3.79. The molecule has 9 aromatic carbocycles. The molecule has 65 heavy (non-hydrogen) atoms. The monoisotopic (exact) mass is 841 g/mol. The highest BCUT2D eigenvalue weighted by Gasteiger charge is 2.35. The van der Waals surface area contributed by atoms with Gasteiger partial charge in [0.05, 0.1) is 5.69 Å². The Kier molecular flexibility index (Phi) is 9.35. The van der Waals surface area contributed by atoms with Crippen molar-refractivity contribution in [3.8, 4) is 44.5 Å². The fourth-order valence-corrected chi connectivity index (χ4v) is 10.3. The molecule has 0 saturated heterocycles. The van der Waals surface area contributed by atoms with E-state index in [0.29, 0.717) is 0 Å². The second kappa shape index (κ2) is 15.0. The van der Waals surface area contributed by atoms with Crippen molar-refractivity contribution in [2.45, 2.75) is 71.6 Å². The fourth-order valence-electron chi connectivity index (χ4n) is 10.3. The number of para-hydroxylation sites is 2. The van der Waals surface area contributed by atoms with E-state index in [-0.39, 0.29) is 16.2 Å². The van der Waals surface area contributed by atoms with E-state index < -0.39 is 0 Å². The van der Waals surface area contributed by atoms with Crippen LogP contribution in [0.25, 0.3) is 77.2 Å². The molecule has 0 unspecified atom stereocenters. The quantitative estimate of drug-likeness (QED) is 0.166. The summed E-state index contributed by atoms with van der Waals surface area (Å²) in [6.07, 6.45) is 0. The van der Waals surface area contributed by atoms with Gasteiger partial charge in [-0.2, -0.15) is 0 Å². The highest BCUT2D eigenvalue weighted by molar-refractivity contribution is 6.10. The number of hydrogen-bond donors (Lipinski definition) is 0. The van der Waals surface area contributed by atoms with Crippen LogP contribution in [0.5, 0.6) is 0 Å². The zero-order chi connectivity index (χ0) is 44.8. The normalized spacial score (nSPS) is 13.4. The first kappa shape index (κ1) is 40.6. The lowest BCUT2D eigenvalue weighted by Gasteiger charge is -2.29. The standard InChI is InChI=1S/C63H55NO/c1-61(2,3)44-35-43(36-45(38-44)62(4,5)6)48-22-15-17-41-18-16-23-54(60(41)48)51-20-10-13-25-57(51)64(47-32-34-53-52-21-11-14-26-58(52)65-59(53)39-47)46-30-27-40(28-31-46)42-29-33-50-49-19-9-12-24-55(49)63(7,8)56(50)37-42/h9-39H,1-8H3. The first-order valence-electron chi connectivity index (χ1n) is 23.1. The highest BCUT2D eigenvalue weighted by Crippen LogP contribution is 2.51. The minimum absolute atomic E-state index is 0.00396. The van der Waals surface area contributed by atoms with Crippen molar-refractivity contribution in [2.75, 3.05) is 4.90 Å². The lowest BCUT2D eigenvalue weighted by Crippen LogP contribution is -2.16. The van der Waals surface area contributed by atoms with Gasteiger partial charge in [0.1, 0.15) is 11.2 Å². The molecule has 318 valence electrons. The van der Waals surface area contributed by atoms with Gasteiger partial charge in [-0.25, -0.2) is 0 Å². The lowest BCUT2D eigenvalue weighted by atomic mass is 9.78. The minimum atomic E-state index is -0.0660. The first-order valence-corrected chi connectivity index (χ1v) is 23.1. The highest BCUT2D eigenvalue weighted by atomic mass is 16.3. The molecule has 1 heterocycles. The summed E-state index contributed by atoms with van der Waals surface area (Å²) in [6.45, 7) is 18.6. The second-order valence-electron chi connectivity index (χ2n) is 20.6. The van der Waals surface area contributed by atoms with Crippen molar-refractivity contribution in [3.05, 3.63) is 210 Å². The first-order chi connectivity index (χ1) is 31.2. The van der Waals surface area contributed by atoms with Gasteiger partial charge in [-0.1, -0.05) is 195 Å². The maximum Gasteiger partial charge on any atom is 0.137 e. The topological polar surface area (TPSA) is 16.4 Å². The van der Waals surface area contributed by atoms with E-state index >= 15 is 0 Å². The molecule has 0 spiro atoms. The predicted octanol–water partition coefficient (Wildman–Crippen LogP) is 18.1. The molecule has 0 atom stereocenters. The number of benzene rings is 9. The molecule has 1 aromatic heterocycles. The van der Waals surface area contributed by atoms with Crippen molar-refractivity contribution < 1.29 is 4.42 Å². The van der Waals surface area contributed by atoms with Crippen LogP contribution in [-0.2, 0) is 16.2 Å². The summed E-state index contributed by atoms with van der Waals surface area (Å²) in [7, 11) is 0. The smallest absolute Gasteiger partial charge is 0.137 e. The van der Waals surface area contributed by atoms with Gasteiger partial charge in [0.25, 0.3) is 0 Å². The van der Waals surface area contributed by atoms with Crippen molar-refractivity contribution in [3.63, 3.8) is 0 Å². The van der Waals surface area contributed by atoms with Crippen molar-refractivity contribution >= 4 is 49.8 Å². The molecule has 1 aliphatic carbocycles. The van der Waals surface area contributed by atoms with E-state index in [1.807, 2.05) is 6.07 Å². The largest absolute Gasteiger partial charge is 0.456 e. The van der Waals surface area contributed by atoms with Gasteiger partial charge in [-0.3, -0.25) is 0 Å². The number of rotatable bonds is 6. The zero-order valence-electron chi connectivity index (χ0n) is 38.8. The molecule has 0 fully saturated rings. The molecule has 0 saturated carbocycles. The van der Waals surface area contributed by atoms with E-state index in [4.69, 9.17) is 4.42 Å². The average molecular weight is 842 g/mol. The van der Waals surface area contributed by atoms with Crippen molar-refractivity contribution in [1.82, 2.24) is 0 Å². The number of hydrogen-bond acceptors (Lipinski definition) is 2. The molecule has 1 aliphatic rings. The second-order valence-corrected chi connectivity index (χ2v) is 20.6. The summed E-state index contributed by atoms with van der Waals surface area (Å²) in [4.78, 5) is 2.41. The summed E-state index contributed by atoms with van der Waals surface area (Å²) in [5.41, 5.74) is 20.3. The maximum absolute atomic E-state index is 6.55. The van der Waals surface area contributed by atoms with Crippen LogP contribution in [0, 0.1) is 0 Å². The third-order valence-electron chi connectivity index (χ3n) is 14.0. The molecule has 2 nitrogen and oxygen atoms in total. The van der Waals surface area contributed by atoms with Crippen molar-refractivity contribution in [1.29, 1.82) is 0 Å². The van der Waals surface area contributed by atoms with Crippen LogP contribution in [0.2, 0.25) is 0 Å². The number of anilines is 3. The Morgan fingerprint density at radius 1 is 0.400 bits per heavy atom. The van der Waals surface area contributed by atoms with Gasteiger partial charge in [0, 0.05) is 39.2 Å². The van der Waals surface area contributed by atoms with Crippen molar-refractivity contribution in [2.24, 2.45) is 0 Å². The zero-order valence-corrected chi connectivity index (χ0v) is 38.8. The van der Waals surface area contributed by atoms with Gasteiger partial charge in [0.15, 0.2) is 0 Å².